The van der Waals surface area contributed by atoms with Gasteiger partial charge < -0.3 is 19.5 Å². The Bertz CT molecular complexity index is 897. The third-order valence-electron chi connectivity index (χ3n) is 4.40. The van der Waals surface area contributed by atoms with Gasteiger partial charge in [0.2, 0.25) is 0 Å². The number of nitrogens with zero attached hydrogens (tertiary/aromatic N) is 3. The highest BCUT2D eigenvalue weighted by molar-refractivity contribution is 5.96. The van der Waals surface area contributed by atoms with Gasteiger partial charge in [-0.25, -0.2) is 4.79 Å². The molecule has 0 bridgehead atoms. The van der Waals surface area contributed by atoms with Crippen molar-refractivity contribution in [3.05, 3.63) is 60.6 Å². The SMILES string of the molecule is O=C(Nc1cccnc1)N1CCN(C(=O)c2cc3ccccc3o2)CC1. The standard InChI is InChI=1S/C19H18N4O3/c24-18(17-12-14-4-1-2-6-16(14)26-17)22-8-10-23(11-9-22)19(25)21-15-5-3-7-20-13-15/h1-7,12-13H,8-11H2,(H,21,25). The Morgan fingerprint density at radius 2 is 1.77 bits per heavy atom. The minimum atomic E-state index is -0.186. The Balaban J connectivity index is 1.37. The van der Waals surface area contributed by atoms with Gasteiger partial charge >= 0.3 is 6.03 Å². The summed E-state index contributed by atoms with van der Waals surface area (Å²) in [6.45, 7) is 1.88. The van der Waals surface area contributed by atoms with Crippen molar-refractivity contribution >= 4 is 28.6 Å². The normalized spacial score (nSPS) is 14.5. The van der Waals surface area contributed by atoms with Crippen LogP contribution in [0, 0.1) is 0 Å². The van der Waals surface area contributed by atoms with E-state index < -0.39 is 0 Å². The third-order valence-corrected chi connectivity index (χ3v) is 4.40. The average molecular weight is 350 g/mol. The summed E-state index contributed by atoms with van der Waals surface area (Å²) in [6, 6.07) is 12.7. The van der Waals surface area contributed by atoms with Crippen LogP contribution in [0.5, 0.6) is 0 Å². The maximum absolute atomic E-state index is 12.6. The number of hydrogen-bond acceptors (Lipinski definition) is 4. The minimum absolute atomic E-state index is 0.145. The Morgan fingerprint density at radius 3 is 2.50 bits per heavy atom. The Hall–Kier alpha value is -3.35. The fourth-order valence-electron chi connectivity index (χ4n) is 2.99. The van der Waals surface area contributed by atoms with Crippen LogP contribution in [0.1, 0.15) is 10.6 Å². The van der Waals surface area contributed by atoms with E-state index in [2.05, 4.69) is 10.3 Å². The Kier molecular flexibility index (Phi) is 4.27. The van der Waals surface area contributed by atoms with Gasteiger partial charge in [-0.2, -0.15) is 0 Å². The van der Waals surface area contributed by atoms with Crippen LogP contribution in [0.25, 0.3) is 11.0 Å². The number of hydrogen-bond donors (Lipinski definition) is 1. The summed E-state index contributed by atoms with van der Waals surface area (Å²) in [4.78, 5) is 32.3. The second kappa shape index (κ2) is 6.87. The van der Waals surface area contributed by atoms with Gasteiger partial charge in [-0.3, -0.25) is 9.78 Å². The predicted molar refractivity (Wildman–Crippen MR) is 96.9 cm³/mol. The van der Waals surface area contributed by atoms with E-state index in [0.29, 0.717) is 43.2 Å². The number of aromatic nitrogens is 1. The van der Waals surface area contributed by atoms with Crippen molar-refractivity contribution in [2.75, 3.05) is 31.5 Å². The fourth-order valence-corrected chi connectivity index (χ4v) is 2.99. The van der Waals surface area contributed by atoms with Gasteiger partial charge in [-0.1, -0.05) is 18.2 Å². The molecule has 0 unspecified atom stereocenters. The molecule has 0 aliphatic carbocycles. The summed E-state index contributed by atoms with van der Waals surface area (Å²) in [5, 5.41) is 3.72. The zero-order valence-electron chi connectivity index (χ0n) is 14.1. The summed E-state index contributed by atoms with van der Waals surface area (Å²) < 4.78 is 5.65. The van der Waals surface area contributed by atoms with E-state index in [4.69, 9.17) is 4.42 Å². The monoisotopic (exact) mass is 350 g/mol. The molecule has 1 N–H and O–H groups in total. The number of anilines is 1. The lowest BCUT2D eigenvalue weighted by Gasteiger charge is -2.34. The number of carbonyl (C=O) groups excluding carboxylic acids is 2. The highest BCUT2D eigenvalue weighted by Gasteiger charge is 2.26. The van der Waals surface area contributed by atoms with Gasteiger partial charge in [0, 0.05) is 37.8 Å². The quantitative estimate of drug-likeness (QED) is 0.771. The molecular formula is C19H18N4O3. The van der Waals surface area contributed by atoms with Crippen molar-refractivity contribution in [3.8, 4) is 0 Å². The lowest BCUT2D eigenvalue weighted by molar-refractivity contribution is 0.0643. The molecule has 26 heavy (non-hydrogen) atoms. The first kappa shape index (κ1) is 16.1. The van der Waals surface area contributed by atoms with Crippen molar-refractivity contribution in [2.24, 2.45) is 0 Å². The molecule has 0 saturated carbocycles. The number of fused-ring (bicyclic) bond motifs is 1. The molecule has 1 aliphatic rings. The number of piperazine rings is 1. The van der Waals surface area contributed by atoms with E-state index in [1.165, 1.54) is 0 Å². The van der Waals surface area contributed by atoms with Crippen LogP contribution < -0.4 is 5.32 Å². The molecule has 3 heterocycles. The molecule has 132 valence electrons. The molecule has 0 radical (unpaired) electrons. The van der Waals surface area contributed by atoms with Crippen LogP contribution in [0.4, 0.5) is 10.5 Å². The molecule has 1 fully saturated rings. The second-order valence-corrected chi connectivity index (χ2v) is 6.10. The number of carbonyl (C=O) groups is 2. The maximum atomic E-state index is 12.6. The van der Waals surface area contributed by atoms with Crippen LogP contribution in [0.2, 0.25) is 0 Å². The molecule has 2 aromatic heterocycles. The molecule has 3 amide bonds. The Labute approximate surface area is 150 Å². The van der Waals surface area contributed by atoms with Crippen LogP contribution in [-0.4, -0.2) is 52.9 Å². The summed E-state index contributed by atoms with van der Waals surface area (Å²) in [5.41, 5.74) is 1.35. The van der Waals surface area contributed by atoms with Crippen LogP contribution in [0.3, 0.4) is 0 Å². The molecule has 1 aromatic carbocycles. The van der Waals surface area contributed by atoms with Crippen molar-refractivity contribution in [1.82, 2.24) is 14.8 Å². The number of benzene rings is 1. The molecule has 7 nitrogen and oxygen atoms in total. The lowest BCUT2D eigenvalue weighted by Crippen LogP contribution is -2.51. The predicted octanol–water partition coefficient (Wildman–Crippen LogP) is 2.82. The molecule has 1 saturated heterocycles. The first-order chi connectivity index (χ1) is 12.7. The van der Waals surface area contributed by atoms with Gasteiger partial charge in [-0.15, -0.1) is 0 Å². The number of pyridine rings is 1. The maximum Gasteiger partial charge on any atom is 0.322 e. The van der Waals surface area contributed by atoms with Gasteiger partial charge in [0.05, 0.1) is 11.9 Å². The van der Waals surface area contributed by atoms with Crippen molar-refractivity contribution in [1.29, 1.82) is 0 Å². The molecule has 3 aromatic rings. The fraction of sp³-hybridized carbons (Fsp3) is 0.211. The smallest absolute Gasteiger partial charge is 0.322 e. The number of amides is 3. The molecule has 0 spiro atoms. The van der Waals surface area contributed by atoms with Gasteiger partial charge in [-0.05, 0) is 24.3 Å². The second-order valence-electron chi connectivity index (χ2n) is 6.10. The van der Waals surface area contributed by atoms with Crippen LogP contribution in [0.15, 0.2) is 59.3 Å². The van der Waals surface area contributed by atoms with Crippen molar-refractivity contribution < 1.29 is 14.0 Å². The first-order valence-corrected chi connectivity index (χ1v) is 8.44. The summed E-state index contributed by atoms with van der Waals surface area (Å²) in [6.07, 6.45) is 3.25. The van der Waals surface area contributed by atoms with Gasteiger partial charge in [0.15, 0.2) is 5.76 Å². The number of urea groups is 1. The molecule has 1 aliphatic heterocycles. The molecule has 7 heteroatoms. The molecule has 0 atom stereocenters. The topological polar surface area (TPSA) is 78.7 Å². The van der Waals surface area contributed by atoms with Gasteiger partial charge in [0.25, 0.3) is 5.91 Å². The highest BCUT2D eigenvalue weighted by Crippen LogP contribution is 2.20. The zero-order valence-corrected chi connectivity index (χ0v) is 14.1. The van der Waals surface area contributed by atoms with E-state index in [-0.39, 0.29) is 11.9 Å². The van der Waals surface area contributed by atoms with Crippen LogP contribution in [-0.2, 0) is 0 Å². The average Bonchev–Trinajstić information content (AvgIpc) is 3.12. The molecular weight excluding hydrogens is 332 g/mol. The van der Waals surface area contributed by atoms with E-state index in [0.717, 1.165) is 5.39 Å². The summed E-state index contributed by atoms with van der Waals surface area (Å²) in [5.74, 6) is 0.188. The number of rotatable bonds is 2. The number of para-hydroxylation sites is 1. The minimum Gasteiger partial charge on any atom is -0.451 e. The largest absolute Gasteiger partial charge is 0.451 e. The van der Waals surface area contributed by atoms with Crippen molar-refractivity contribution in [3.63, 3.8) is 0 Å². The van der Waals surface area contributed by atoms with E-state index in [9.17, 15) is 9.59 Å². The molecule has 4 rings (SSSR count). The van der Waals surface area contributed by atoms with Crippen LogP contribution >= 0.6 is 0 Å². The summed E-state index contributed by atoms with van der Waals surface area (Å²) >= 11 is 0. The Morgan fingerprint density at radius 1 is 1.00 bits per heavy atom. The number of furan rings is 1. The van der Waals surface area contributed by atoms with E-state index in [1.807, 2.05) is 24.3 Å². The lowest BCUT2D eigenvalue weighted by atomic mass is 10.2. The highest BCUT2D eigenvalue weighted by atomic mass is 16.3. The summed E-state index contributed by atoms with van der Waals surface area (Å²) in [7, 11) is 0. The van der Waals surface area contributed by atoms with Crippen molar-refractivity contribution in [2.45, 2.75) is 0 Å². The zero-order chi connectivity index (χ0) is 17.9. The first-order valence-electron chi connectivity index (χ1n) is 8.44. The van der Waals surface area contributed by atoms with E-state index >= 15 is 0 Å². The third kappa shape index (κ3) is 3.23. The number of nitrogens with one attached hydrogen (secondary N) is 1. The van der Waals surface area contributed by atoms with Gasteiger partial charge in [0.1, 0.15) is 5.58 Å². The van der Waals surface area contributed by atoms with E-state index in [1.54, 1.807) is 40.4 Å².